The molecule has 0 aromatic heterocycles. The highest BCUT2D eigenvalue weighted by Crippen LogP contribution is 2.32. The van der Waals surface area contributed by atoms with Gasteiger partial charge in [-0.3, -0.25) is 0 Å². The Morgan fingerprint density at radius 1 is 1.44 bits per heavy atom. The fraction of sp³-hybridized carbons (Fsp3) is 1.00. The van der Waals surface area contributed by atoms with E-state index in [9.17, 15) is 4.57 Å². The summed E-state index contributed by atoms with van der Waals surface area (Å²) in [6.07, 6.45) is 0. The lowest BCUT2D eigenvalue weighted by Gasteiger charge is -1.88. The van der Waals surface area contributed by atoms with Gasteiger partial charge in [0.15, 0.2) is 0 Å². The van der Waals surface area contributed by atoms with Gasteiger partial charge in [0.05, 0.1) is 0 Å². The Balaban J connectivity index is 0.000000148. The molecule has 0 spiro atoms. The summed E-state index contributed by atoms with van der Waals surface area (Å²) in [7, 11) is -4.54. The number of hydrogen-bond donors (Lipinski definition) is 2. The minimum Gasteiger partial charge on any atom is -0.134 e. The van der Waals surface area contributed by atoms with Crippen LogP contribution in [-0.2, 0) is 18.2 Å². The summed E-state index contributed by atoms with van der Waals surface area (Å²) in [5.41, 5.74) is 0. The van der Waals surface area contributed by atoms with Crippen LogP contribution in [0.1, 0.15) is 0 Å². The van der Waals surface area contributed by atoms with Gasteiger partial charge < -0.3 is 0 Å². The maximum absolute atomic E-state index is 9.60. The molecule has 0 radical (unpaired) electrons. The first-order chi connectivity index (χ1) is 4.13. The zero-order valence-electron chi connectivity index (χ0n) is 4.13. The lowest BCUT2D eigenvalue weighted by atomic mass is 11.6. The highest BCUT2D eigenvalue weighted by molar-refractivity contribution is 7.34. The van der Waals surface area contributed by atoms with E-state index in [-0.39, 0.29) is 6.79 Å². The van der Waals surface area contributed by atoms with E-state index < -0.39 is 16.5 Å². The summed E-state index contributed by atoms with van der Waals surface area (Å²) in [5.74, 6) is 0. The first-order valence-electron chi connectivity index (χ1n) is 1.71. The summed E-state index contributed by atoms with van der Waals surface area (Å²) < 4.78 is 26.7. The molecule has 0 aromatic rings. The monoisotopic (exact) mass is 174 g/mol. The largest absolute Gasteiger partial charge is 0.702 e. The molecule has 1 aliphatic rings. The Morgan fingerprint density at radius 3 is 1.67 bits per heavy atom. The van der Waals surface area contributed by atoms with Crippen LogP contribution >= 0.6 is 16.5 Å². The van der Waals surface area contributed by atoms with E-state index in [4.69, 9.17) is 14.4 Å². The lowest BCUT2D eigenvalue weighted by molar-refractivity contribution is 0.0270. The van der Waals surface area contributed by atoms with Gasteiger partial charge in [-0.15, -0.1) is 9.79 Å². The highest BCUT2D eigenvalue weighted by Gasteiger charge is 2.32. The number of rotatable bonds is 0. The molecule has 0 saturated carbocycles. The maximum Gasteiger partial charge on any atom is 0.702 e. The Kier molecular flexibility index (Phi) is 4.90. The molecule has 1 saturated heterocycles. The summed E-state index contributed by atoms with van der Waals surface area (Å²) >= 11 is 0. The smallest absolute Gasteiger partial charge is 0.134 e. The van der Waals surface area contributed by atoms with Crippen LogP contribution in [0.5, 0.6) is 0 Å². The van der Waals surface area contributed by atoms with E-state index in [0.29, 0.717) is 0 Å². The Morgan fingerprint density at radius 2 is 1.67 bits per heavy atom. The van der Waals surface area contributed by atoms with Gasteiger partial charge in [-0.1, -0.05) is 9.05 Å². The van der Waals surface area contributed by atoms with Gasteiger partial charge in [0.1, 0.15) is 0 Å². The molecule has 0 unspecified atom stereocenters. The van der Waals surface area contributed by atoms with E-state index in [1.165, 1.54) is 0 Å². The summed E-state index contributed by atoms with van der Waals surface area (Å²) in [6.45, 7) is 0.204. The highest BCUT2D eigenvalue weighted by atomic mass is 31.1. The molecule has 6 nitrogen and oxygen atoms in total. The maximum atomic E-state index is 9.60. The predicted molar refractivity (Wildman–Crippen MR) is 26.7 cm³/mol. The Labute approximate surface area is 52.3 Å². The Hall–Kier alpha value is 0.0400. The van der Waals surface area contributed by atoms with E-state index in [1.807, 2.05) is 0 Å². The van der Waals surface area contributed by atoms with Crippen LogP contribution in [0.3, 0.4) is 0 Å². The predicted octanol–water partition coefficient (Wildman–Crippen LogP) is 0.276. The van der Waals surface area contributed by atoms with Crippen LogP contribution in [0, 0.1) is 0 Å². The van der Waals surface area contributed by atoms with Gasteiger partial charge in [0, 0.05) is 9.13 Å². The fourth-order valence-electron chi connectivity index (χ4n) is 0.0957. The van der Waals surface area contributed by atoms with Crippen LogP contribution in [0.25, 0.3) is 0 Å². The van der Waals surface area contributed by atoms with Crippen LogP contribution in [0.2, 0.25) is 0 Å². The first-order valence-corrected chi connectivity index (χ1v) is 3.97. The van der Waals surface area contributed by atoms with Crippen LogP contribution in [-0.4, -0.2) is 16.6 Å². The lowest BCUT2D eigenvalue weighted by Crippen LogP contribution is -1.97. The molecule has 1 rings (SSSR count). The molecule has 2 N–H and O–H groups in total. The van der Waals surface area contributed by atoms with Crippen molar-refractivity contribution < 1.29 is 28.0 Å². The van der Waals surface area contributed by atoms with Crippen molar-refractivity contribution in [2.75, 3.05) is 6.79 Å². The van der Waals surface area contributed by atoms with E-state index in [1.54, 1.807) is 0 Å². The SMILES string of the molecule is O=[P+](O)O.O=[P+]1OCO1. The van der Waals surface area contributed by atoms with Crippen LogP contribution in [0.4, 0.5) is 0 Å². The second-order valence-corrected chi connectivity index (χ2v) is 2.32. The van der Waals surface area contributed by atoms with Crippen molar-refractivity contribution in [1.82, 2.24) is 0 Å². The average Bonchev–Trinajstić information content (AvgIpc) is 1.59. The van der Waals surface area contributed by atoms with Crippen molar-refractivity contribution in [3.8, 4) is 0 Å². The van der Waals surface area contributed by atoms with Gasteiger partial charge in [-0.2, -0.15) is 0 Å². The third kappa shape index (κ3) is 8.04. The molecule has 1 heterocycles. The molecule has 1 aliphatic heterocycles. The first kappa shape index (κ1) is 9.04. The van der Waals surface area contributed by atoms with Crippen molar-refractivity contribution in [1.29, 1.82) is 0 Å². The second kappa shape index (κ2) is 4.88. The summed E-state index contributed by atoms with van der Waals surface area (Å²) in [4.78, 5) is 14.2. The summed E-state index contributed by atoms with van der Waals surface area (Å²) in [6, 6.07) is 0. The van der Waals surface area contributed by atoms with Crippen LogP contribution < -0.4 is 0 Å². The van der Waals surface area contributed by atoms with Gasteiger partial charge in [-0.05, 0) is 0 Å². The molecule has 9 heavy (non-hydrogen) atoms. The third-order valence-corrected chi connectivity index (χ3v) is 0.949. The van der Waals surface area contributed by atoms with Crippen LogP contribution in [0.15, 0.2) is 0 Å². The zero-order valence-corrected chi connectivity index (χ0v) is 5.92. The van der Waals surface area contributed by atoms with Gasteiger partial charge in [0.2, 0.25) is 0 Å². The van der Waals surface area contributed by atoms with Crippen molar-refractivity contribution in [3.63, 3.8) is 0 Å². The van der Waals surface area contributed by atoms with Gasteiger partial charge >= 0.3 is 16.5 Å². The van der Waals surface area contributed by atoms with E-state index in [0.717, 1.165) is 0 Å². The number of hydrogen-bond acceptors (Lipinski definition) is 4. The average molecular weight is 174 g/mol. The molecule has 0 aliphatic carbocycles. The van der Waals surface area contributed by atoms with E-state index >= 15 is 0 Å². The van der Waals surface area contributed by atoms with Gasteiger partial charge in [0.25, 0.3) is 6.79 Å². The Bertz CT molecular complexity index is 110. The van der Waals surface area contributed by atoms with Crippen molar-refractivity contribution in [2.45, 2.75) is 0 Å². The standard InChI is InChI=1S/CH2O3P.HO3P/c2-5-3-1-4-5;1-4(2)3/h1H2;(H-,1,2,3)/q+1;/p+1. The molecule has 0 aromatic carbocycles. The topological polar surface area (TPSA) is 93.1 Å². The molecule has 0 atom stereocenters. The second-order valence-electron chi connectivity index (χ2n) is 0.852. The van der Waals surface area contributed by atoms with Gasteiger partial charge in [-0.25, -0.2) is 0 Å². The minimum absolute atomic E-state index is 0.204. The van der Waals surface area contributed by atoms with Crippen molar-refractivity contribution in [2.24, 2.45) is 0 Å². The normalized spacial score (nSPS) is 15.1. The summed E-state index contributed by atoms with van der Waals surface area (Å²) in [5, 5.41) is 0. The minimum atomic E-state index is -2.87. The zero-order chi connectivity index (χ0) is 7.28. The quantitative estimate of drug-likeness (QED) is 0.512. The molecule has 8 heteroatoms. The molecule has 0 bridgehead atoms. The third-order valence-electron chi connectivity index (χ3n) is 0.316. The van der Waals surface area contributed by atoms with Crippen molar-refractivity contribution in [3.05, 3.63) is 0 Å². The molecule has 52 valence electrons. The molecular weight excluding hydrogens is 170 g/mol. The molecule has 1 fully saturated rings. The molecular formula is CH4O6P2+2. The van der Waals surface area contributed by atoms with E-state index in [2.05, 4.69) is 9.05 Å². The van der Waals surface area contributed by atoms with Crippen molar-refractivity contribution >= 4 is 16.5 Å². The fourth-order valence-corrected chi connectivity index (χ4v) is 0.287. The molecule has 0 amide bonds.